The summed E-state index contributed by atoms with van der Waals surface area (Å²) in [5.41, 5.74) is 0. The van der Waals surface area contributed by atoms with Crippen molar-refractivity contribution < 1.29 is 27.7 Å². The van der Waals surface area contributed by atoms with E-state index < -0.39 is 13.8 Å². The molecule has 0 rings (SSSR count). The Morgan fingerprint density at radius 2 is 1.77 bits per heavy atom. The van der Waals surface area contributed by atoms with E-state index in [9.17, 15) is 9.36 Å². The molecule has 0 saturated carbocycles. The van der Waals surface area contributed by atoms with E-state index in [1.807, 2.05) is 0 Å². The molecule has 0 N–H and O–H groups in total. The molecular formula is C6H11O6P. The van der Waals surface area contributed by atoms with Crippen LogP contribution in [0.25, 0.3) is 0 Å². The Kier molecular flexibility index (Phi) is 5.37. The molecule has 0 spiro atoms. The van der Waals surface area contributed by atoms with Crippen LogP contribution in [0.2, 0.25) is 0 Å². The summed E-state index contributed by atoms with van der Waals surface area (Å²) in [4.78, 5) is 10.5. The Morgan fingerprint density at radius 1 is 1.23 bits per heavy atom. The summed E-state index contributed by atoms with van der Waals surface area (Å²) in [7, 11) is -0.00926. The molecule has 0 unspecified atom stereocenters. The molecule has 0 saturated heterocycles. The first-order valence-corrected chi connectivity index (χ1v) is 4.68. The predicted molar refractivity (Wildman–Crippen MR) is 43.9 cm³/mol. The Morgan fingerprint density at radius 3 is 2.15 bits per heavy atom. The first kappa shape index (κ1) is 12.2. The van der Waals surface area contributed by atoms with E-state index in [4.69, 9.17) is 0 Å². The molecule has 0 aromatic carbocycles. The second-order valence-corrected chi connectivity index (χ2v) is 3.58. The molecule has 0 aliphatic rings. The van der Waals surface area contributed by atoms with Gasteiger partial charge in [-0.1, -0.05) is 0 Å². The molecule has 0 aliphatic carbocycles. The van der Waals surface area contributed by atoms with Crippen molar-refractivity contribution in [3.8, 4) is 0 Å². The molecule has 0 heterocycles. The van der Waals surface area contributed by atoms with Gasteiger partial charge in [0.05, 0.1) is 13.2 Å². The zero-order chi connectivity index (χ0) is 10.3. The Bertz CT molecular complexity index is 227. The summed E-state index contributed by atoms with van der Waals surface area (Å²) in [6.45, 7) is 0. The lowest BCUT2D eigenvalue weighted by Gasteiger charge is -2.09. The smallest absolute Gasteiger partial charge is 0.466 e. The monoisotopic (exact) mass is 210 g/mol. The van der Waals surface area contributed by atoms with Gasteiger partial charge in [-0.2, -0.15) is 0 Å². The number of phosphoric ester groups is 1. The lowest BCUT2D eigenvalue weighted by molar-refractivity contribution is -0.134. The molecular weight excluding hydrogens is 199 g/mol. The number of hydrogen-bond acceptors (Lipinski definition) is 6. The van der Waals surface area contributed by atoms with Crippen LogP contribution in [-0.2, 0) is 27.7 Å². The van der Waals surface area contributed by atoms with Crippen LogP contribution in [0, 0.1) is 0 Å². The fourth-order valence-electron chi connectivity index (χ4n) is 0.389. The molecule has 0 bridgehead atoms. The van der Waals surface area contributed by atoms with Gasteiger partial charge in [0.2, 0.25) is 0 Å². The minimum absolute atomic E-state index is 0.626. The third kappa shape index (κ3) is 4.67. The van der Waals surface area contributed by atoms with E-state index >= 15 is 0 Å². The number of esters is 1. The SMILES string of the molecule is COC(=O)C=COP(=O)(OC)OC. The molecule has 0 aromatic rings. The van der Waals surface area contributed by atoms with Crippen molar-refractivity contribution in [3.05, 3.63) is 12.3 Å². The van der Waals surface area contributed by atoms with Gasteiger partial charge < -0.3 is 9.26 Å². The van der Waals surface area contributed by atoms with Crippen LogP contribution < -0.4 is 0 Å². The van der Waals surface area contributed by atoms with Crippen molar-refractivity contribution in [2.45, 2.75) is 0 Å². The van der Waals surface area contributed by atoms with E-state index in [0.717, 1.165) is 26.6 Å². The lowest BCUT2D eigenvalue weighted by Crippen LogP contribution is -1.95. The van der Waals surface area contributed by atoms with Crippen LogP contribution in [0.1, 0.15) is 0 Å². The highest BCUT2D eigenvalue weighted by atomic mass is 31.2. The van der Waals surface area contributed by atoms with Crippen molar-refractivity contribution in [1.82, 2.24) is 0 Å². The van der Waals surface area contributed by atoms with Crippen molar-refractivity contribution in [1.29, 1.82) is 0 Å². The molecule has 0 atom stereocenters. The average molecular weight is 210 g/mol. The molecule has 0 aliphatic heterocycles. The van der Waals surface area contributed by atoms with Gasteiger partial charge in [0, 0.05) is 14.2 Å². The maximum atomic E-state index is 11.2. The fraction of sp³-hybridized carbons (Fsp3) is 0.500. The highest BCUT2D eigenvalue weighted by Gasteiger charge is 2.21. The molecule has 0 amide bonds. The molecule has 0 aromatic heterocycles. The number of phosphoric acid groups is 1. The molecule has 76 valence electrons. The van der Waals surface area contributed by atoms with Gasteiger partial charge in [-0.25, -0.2) is 9.36 Å². The summed E-state index contributed by atoms with van der Waals surface area (Å²) in [5.74, 6) is -0.626. The van der Waals surface area contributed by atoms with Crippen LogP contribution >= 0.6 is 7.82 Å². The number of carbonyl (C=O) groups is 1. The molecule has 0 fully saturated rings. The van der Waals surface area contributed by atoms with Crippen molar-refractivity contribution in [2.24, 2.45) is 0 Å². The predicted octanol–water partition coefficient (Wildman–Crippen LogP) is 1.09. The van der Waals surface area contributed by atoms with Crippen molar-refractivity contribution in [3.63, 3.8) is 0 Å². The van der Waals surface area contributed by atoms with Gasteiger partial charge in [0.25, 0.3) is 0 Å². The van der Waals surface area contributed by atoms with E-state index in [-0.39, 0.29) is 0 Å². The minimum atomic E-state index is -3.54. The topological polar surface area (TPSA) is 71.1 Å². The number of rotatable bonds is 5. The largest absolute Gasteiger partial charge is 0.528 e. The standard InChI is InChI=1S/C6H11O6P/c1-9-6(7)4-5-12-13(8,10-2)11-3/h4-5H,1-3H3. The summed E-state index contributed by atoms with van der Waals surface area (Å²) < 4.78 is 28.8. The third-order valence-electron chi connectivity index (χ3n) is 1.04. The molecule has 6 nitrogen and oxygen atoms in total. The van der Waals surface area contributed by atoms with Gasteiger partial charge in [0.15, 0.2) is 0 Å². The fourth-order valence-corrected chi connectivity index (χ4v) is 0.920. The Labute approximate surface area is 76.0 Å². The first-order chi connectivity index (χ1) is 6.08. The number of ether oxygens (including phenoxy) is 1. The first-order valence-electron chi connectivity index (χ1n) is 3.22. The molecule has 0 radical (unpaired) electrons. The second kappa shape index (κ2) is 5.75. The normalized spacial score (nSPS) is 11.6. The summed E-state index contributed by atoms with van der Waals surface area (Å²) in [6, 6.07) is 0. The van der Waals surface area contributed by atoms with E-state index in [0.29, 0.717) is 0 Å². The quantitative estimate of drug-likeness (QED) is 0.293. The van der Waals surface area contributed by atoms with Gasteiger partial charge in [-0.3, -0.25) is 9.05 Å². The van der Waals surface area contributed by atoms with Gasteiger partial charge in [0.1, 0.15) is 6.26 Å². The third-order valence-corrected chi connectivity index (χ3v) is 2.32. The van der Waals surface area contributed by atoms with Gasteiger partial charge in [-0.05, 0) is 0 Å². The van der Waals surface area contributed by atoms with Gasteiger partial charge >= 0.3 is 13.8 Å². The highest BCUT2D eigenvalue weighted by molar-refractivity contribution is 7.48. The van der Waals surface area contributed by atoms with Crippen LogP contribution in [0.4, 0.5) is 0 Å². The number of hydrogen-bond donors (Lipinski definition) is 0. The summed E-state index contributed by atoms with van der Waals surface area (Å²) in [6.07, 6.45) is 1.84. The Hall–Kier alpha value is -0.840. The highest BCUT2D eigenvalue weighted by Crippen LogP contribution is 2.47. The van der Waals surface area contributed by atoms with E-state index in [1.54, 1.807) is 0 Å². The van der Waals surface area contributed by atoms with E-state index in [2.05, 4.69) is 18.3 Å². The molecule has 7 heteroatoms. The van der Waals surface area contributed by atoms with E-state index in [1.165, 1.54) is 7.11 Å². The lowest BCUT2D eigenvalue weighted by atomic mass is 10.6. The van der Waals surface area contributed by atoms with Crippen LogP contribution in [0.3, 0.4) is 0 Å². The number of carbonyl (C=O) groups excluding carboxylic acids is 1. The summed E-state index contributed by atoms with van der Waals surface area (Å²) in [5, 5.41) is 0. The average Bonchev–Trinajstić information content (AvgIpc) is 2.17. The number of methoxy groups -OCH3 is 1. The maximum Gasteiger partial charge on any atom is 0.528 e. The van der Waals surface area contributed by atoms with Gasteiger partial charge in [-0.15, -0.1) is 0 Å². The molecule has 13 heavy (non-hydrogen) atoms. The second-order valence-electron chi connectivity index (χ2n) is 1.74. The van der Waals surface area contributed by atoms with Crippen LogP contribution in [0.15, 0.2) is 12.3 Å². The summed E-state index contributed by atoms with van der Waals surface area (Å²) >= 11 is 0. The maximum absolute atomic E-state index is 11.2. The van der Waals surface area contributed by atoms with Crippen molar-refractivity contribution >= 4 is 13.8 Å². The zero-order valence-corrected chi connectivity index (χ0v) is 8.45. The van der Waals surface area contributed by atoms with Crippen LogP contribution in [0.5, 0.6) is 0 Å². The Balaban J connectivity index is 4.07. The minimum Gasteiger partial charge on any atom is -0.466 e. The zero-order valence-electron chi connectivity index (χ0n) is 7.55. The van der Waals surface area contributed by atoms with Crippen molar-refractivity contribution in [2.75, 3.05) is 21.3 Å². The van der Waals surface area contributed by atoms with Crippen LogP contribution in [-0.4, -0.2) is 27.3 Å².